The maximum atomic E-state index is 10.4. The highest BCUT2D eigenvalue weighted by Gasteiger charge is 2.16. The van der Waals surface area contributed by atoms with E-state index in [1.165, 1.54) is 16.7 Å². The molecule has 0 saturated carbocycles. The van der Waals surface area contributed by atoms with Gasteiger partial charge < -0.3 is 5.11 Å². The van der Waals surface area contributed by atoms with E-state index >= 15 is 0 Å². The fraction of sp³-hybridized carbons (Fsp3) is 0.286. The number of aliphatic hydroxyl groups is 1. The molecule has 18 heavy (non-hydrogen) atoms. The van der Waals surface area contributed by atoms with Crippen LogP contribution in [0.1, 0.15) is 28.4 Å². The molecule has 0 fully saturated rings. The van der Waals surface area contributed by atoms with E-state index in [9.17, 15) is 5.11 Å². The second kappa shape index (κ2) is 5.87. The molecule has 0 aliphatic rings. The number of aliphatic hydroxyl groups excluding tert-OH is 1. The zero-order valence-electron chi connectivity index (χ0n) is 10.2. The van der Waals surface area contributed by atoms with Crippen LogP contribution >= 0.6 is 43.2 Å². The Morgan fingerprint density at radius 2 is 1.83 bits per heavy atom. The van der Waals surface area contributed by atoms with E-state index in [0.717, 1.165) is 13.1 Å². The number of hydrogen-bond donors (Lipinski definition) is 1. The van der Waals surface area contributed by atoms with Gasteiger partial charge in [0.25, 0.3) is 0 Å². The van der Waals surface area contributed by atoms with Crippen LogP contribution in [0.3, 0.4) is 0 Å². The third-order valence-corrected chi connectivity index (χ3v) is 5.47. The maximum absolute atomic E-state index is 10.4. The first-order valence-corrected chi connectivity index (χ1v) is 8.07. The minimum absolute atomic E-state index is 0.471. The number of rotatable bonds is 3. The molecule has 96 valence electrons. The van der Waals surface area contributed by atoms with Gasteiger partial charge >= 0.3 is 0 Å². The van der Waals surface area contributed by atoms with Crippen LogP contribution in [-0.4, -0.2) is 5.11 Å². The van der Waals surface area contributed by atoms with Gasteiger partial charge in [0.05, 0.1) is 13.7 Å². The van der Waals surface area contributed by atoms with E-state index in [2.05, 4.69) is 63.9 Å². The molecule has 1 aromatic heterocycles. The predicted molar refractivity (Wildman–Crippen MR) is 84.3 cm³/mol. The van der Waals surface area contributed by atoms with E-state index in [0.29, 0.717) is 6.42 Å². The molecule has 2 aromatic rings. The van der Waals surface area contributed by atoms with Crippen LogP contribution in [0.25, 0.3) is 0 Å². The quantitative estimate of drug-likeness (QED) is 0.767. The number of halogens is 2. The SMILES string of the molecule is Cc1cccc(C)c1CC(O)c1cc(Br)sc1Br. The molecule has 0 amide bonds. The molecule has 1 atom stereocenters. The van der Waals surface area contributed by atoms with Gasteiger partial charge in [0.1, 0.15) is 0 Å². The molecule has 1 heterocycles. The minimum atomic E-state index is -0.471. The van der Waals surface area contributed by atoms with Gasteiger partial charge in [0, 0.05) is 12.0 Å². The summed E-state index contributed by atoms with van der Waals surface area (Å²) >= 11 is 8.53. The monoisotopic (exact) mass is 388 g/mol. The topological polar surface area (TPSA) is 20.2 Å². The molecule has 0 bridgehead atoms. The van der Waals surface area contributed by atoms with E-state index < -0.39 is 6.10 Å². The summed E-state index contributed by atoms with van der Waals surface area (Å²) in [5.41, 5.74) is 4.66. The van der Waals surface area contributed by atoms with Gasteiger partial charge in [-0.25, -0.2) is 0 Å². The lowest BCUT2D eigenvalue weighted by atomic mass is 9.96. The van der Waals surface area contributed by atoms with E-state index in [-0.39, 0.29) is 0 Å². The Bertz CT molecular complexity index is 543. The van der Waals surface area contributed by atoms with Crippen molar-refractivity contribution in [3.8, 4) is 0 Å². The van der Waals surface area contributed by atoms with Crippen molar-refractivity contribution in [3.63, 3.8) is 0 Å². The van der Waals surface area contributed by atoms with Crippen LogP contribution in [0.4, 0.5) is 0 Å². The first-order chi connectivity index (χ1) is 8.49. The van der Waals surface area contributed by atoms with Gasteiger partial charge in [-0.3, -0.25) is 0 Å². The molecule has 0 spiro atoms. The molecule has 4 heteroatoms. The molecule has 2 rings (SSSR count). The Kier molecular flexibility index (Phi) is 4.64. The highest BCUT2D eigenvalue weighted by atomic mass is 79.9. The lowest BCUT2D eigenvalue weighted by Gasteiger charge is -2.14. The van der Waals surface area contributed by atoms with Crippen molar-refractivity contribution in [1.29, 1.82) is 0 Å². The van der Waals surface area contributed by atoms with Crippen molar-refractivity contribution in [3.05, 3.63) is 54.1 Å². The third-order valence-electron chi connectivity index (χ3n) is 3.08. The van der Waals surface area contributed by atoms with Crippen molar-refractivity contribution in [2.24, 2.45) is 0 Å². The van der Waals surface area contributed by atoms with Gasteiger partial charge in [0.15, 0.2) is 0 Å². The molecule has 0 aliphatic carbocycles. The molecule has 0 radical (unpaired) electrons. The Morgan fingerprint density at radius 3 is 2.33 bits per heavy atom. The van der Waals surface area contributed by atoms with Gasteiger partial charge in [-0.05, 0) is 68.5 Å². The Labute approximate surface area is 128 Å². The van der Waals surface area contributed by atoms with E-state index in [1.807, 2.05) is 6.07 Å². The molecule has 0 aliphatic heterocycles. The summed E-state index contributed by atoms with van der Waals surface area (Å²) in [6.45, 7) is 4.18. The standard InChI is InChI=1S/C14H14Br2OS/c1-8-4-3-5-9(2)10(8)6-12(17)11-7-13(15)18-14(11)16/h3-5,7,12,17H,6H2,1-2H3. The maximum Gasteiger partial charge on any atom is 0.0850 e. The van der Waals surface area contributed by atoms with Gasteiger partial charge in [-0.2, -0.15) is 0 Å². The summed E-state index contributed by atoms with van der Waals surface area (Å²) < 4.78 is 2.03. The number of benzene rings is 1. The smallest absolute Gasteiger partial charge is 0.0850 e. The molecule has 1 aromatic carbocycles. The third kappa shape index (κ3) is 3.05. The van der Waals surface area contributed by atoms with Crippen molar-refractivity contribution >= 4 is 43.2 Å². The predicted octanol–water partition coefficient (Wildman–Crippen LogP) is 5.17. The average Bonchev–Trinajstić information content (AvgIpc) is 2.63. The van der Waals surface area contributed by atoms with Crippen LogP contribution in [0, 0.1) is 13.8 Å². The molecule has 0 saturated heterocycles. The second-order valence-electron chi connectivity index (χ2n) is 4.37. The molecular formula is C14H14Br2OS. The number of hydrogen-bond acceptors (Lipinski definition) is 2. The summed E-state index contributed by atoms with van der Waals surface area (Å²) in [6.07, 6.45) is 0.182. The summed E-state index contributed by atoms with van der Waals surface area (Å²) in [5, 5.41) is 10.4. The van der Waals surface area contributed by atoms with E-state index in [1.54, 1.807) is 11.3 Å². The molecule has 1 unspecified atom stereocenters. The van der Waals surface area contributed by atoms with Crippen molar-refractivity contribution in [2.75, 3.05) is 0 Å². The zero-order valence-corrected chi connectivity index (χ0v) is 14.2. The van der Waals surface area contributed by atoms with Gasteiger partial charge in [0.2, 0.25) is 0 Å². The Morgan fingerprint density at radius 1 is 1.22 bits per heavy atom. The van der Waals surface area contributed by atoms with E-state index in [4.69, 9.17) is 0 Å². The summed E-state index contributed by atoms with van der Waals surface area (Å²) in [6, 6.07) is 8.21. The molecular weight excluding hydrogens is 376 g/mol. The number of aryl methyl sites for hydroxylation is 2. The van der Waals surface area contributed by atoms with Crippen LogP contribution in [0.15, 0.2) is 31.8 Å². The normalized spacial score (nSPS) is 12.7. The largest absolute Gasteiger partial charge is 0.388 e. The first-order valence-electron chi connectivity index (χ1n) is 5.67. The Hall–Kier alpha value is -0.160. The summed E-state index contributed by atoms with van der Waals surface area (Å²) in [4.78, 5) is 0. The van der Waals surface area contributed by atoms with Crippen molar-refractivity contribution in [2.45, 2.75) is 26.4 Å². The van der Waals surface area contributed by atoms with Gasteiger partial charge in [-0.1, -0.05) is 18.2 Å². The van der Waals surface area contributed by atoms with Crippen LogP contribution < -0.4 is 0 Å². The second-order valence-corrected chi connectivity index (χ2v) is 8.12. The fourth-order valence-electron chi connectivity index (χ4n) is 2.05. The minimum Gasteiger partial charge on any atom is -0.388 e. The van der Waals surface area contributed by atoms with Crippen molar-refractivity contribution in [1.82, 2.24) is 0 Å². The lowest BCUT2D eigenvalue weighted by molar-refractivity contribution is 0.178. The zero-order chi connectivity index (χ0) is 13.3. The van der Waals surface area contributed by atoms with Crippen LogP contribution in [0.2, 0.25) is 0 Å². The van der Waals surface area contributed by atoms with Crippen LogP contribution in [0.5, 0.6) is 0 Å². The first kappa shape index (κ1) is 14.3. The Balaban J connectivity index is 2.26. The fourth-order valence-corrected chi connectivity index (χ4v) is 5.01. The molecule has 1 N–H and O–H groups in total. The highest BCUT2D eigenvalue weighted by molar-refractivity contribution is 9.12. The number of thiophene rings is 1. The molecule has 1 nitrogen and oxygen atoms in total. The van der Waals surface area contributed by atoms with Gasteiger partial charge in [-0.15, -0.1) is 11.3 Å². The lowest BCUT2D eigenvalue weighted by Crippen LogP contribution is -2.04. The highest BCUT2D eigenvalue weighted by Crippen LogP contribution is 2.37. The summed E-state index contributed by atoms with van der Waals surface area (Å²) in [5.74, 6) is 0. The van der Waals surface area contributed by atoms with Crippen LogP contribution in [-0.2, 0) is 6.42 Å². The summed E-state index contributed by atoms with van der Waals surface area (Å²) in [7, 11) is 0. The van der Waals surface area contributed by atoms with Crippen molar-refractivity contribution < 1.29 is 5.11 Å². The average molecular weight is 390 g/mol.